The molecule has 0 radical (unpaired) electrons. The van der Waals surface area contributed by atoms with Crippen LogP contribution in [-0.2, 0) is 13.1 Å². The van der Waals surface area contributed by atoms with Gasteiger partial charge in [0.25, 0.3) is 5.56 Å². The van der Waals surface area contributed by atoms with Crippen molar-refractivity contribution in [3.63, 3.8) is 0 Å². The number of fused-ring (bicyclic) bond motifs is 1. The highest BCUT2D eigenvalue weighted by molar-refractivity contribution is 9.10. The van der Waals surface area contributed by atoms with Gasteiger partial charge in [-0.1, -0.05) is 17.7 Å². The van der Waals surface area contributed by atoms with E-state index >= 15 is 0 Å². The smallest absolute Gasteiger partial charge is 0.258 e. The van der Waals surface area contributed by atoms with E-state index in [4.69, 9.17) is 11.6 Å². The molecular formula is C17H15BrClFN3O+. The molecule has 0 aliphatic carbocycles. The van der Waals surface area contributed by atoms with E-state index in [1.807, 2.05) is 13.1 Å². The van der Waals surface area contributed by atoms with E-state index in [9.17, 15) is 9.18 Å². The molecule has 0 fully saturated rings. The van der Waals surface area contributed by atoms with Gasteiger partial charge < -0.3 is 4.90 Å². The standard InChI is InChI=1S/C17H14BrClFN3O/c1-22(10-13-14(19)3-2-4-15(13)20)9-12-7-17(24)23-8-11(18)5-6-16(23)21-12/h2-8H,9-10H2,1H3/p+1. The second-order valence-electron chi connectivity index (χ2n) is 5.67. The van der Waals surface area contributed by atoms with E-state index in [1.165, 1.54) is 16.5 Å². The minimum atomic E-state index is -0.321. The van der Waals surface area contributed by atoms with Gasteiger partial charge in [-0.2, -0.15) is 0 Å². The average Bonchev–Trinajstić information content (AvgIpc) is 2.52. The van der Waals surface area contributed by atoms with Gasteiger partial charge in [0.1, 0.15) is 30.2 Å². The van der Waals surface area contributed by atoms with Crippen molar-refractivity contribution in [2.45, 2.75) is 13.1 Å². The Morgan fingerprint density at radius 3 is 2.83 bits per heavy atom. The quantitative estimate of drug-likeness (QED) is 0.716. The topological polar surface area (TPSA) is 38.8 Å². The van der Waals surface area contributed by atoms with Crippen molar-refractivity contribution >= 4 is 33.2 Å². The summed E-state index contributed by atoms with van der Waals surface area (Å²) in [7, 11) is 1.91. The summed E-state index contributed by atoms with van der Waals surface area (Å²) < 4.78 is 16.2. The lowest BCUT2D eigenvalue weighted by molar-refractivity contribution is -0.908. The summed E-state index contributed by atoms with van der Waals surface area (Å²) in [5.41, 5.74) is 1.57. The zero-order valence-corrected chi connectivity index (χ0v) is 15.2. The number of hydrogen-bond acceptors (Lipinski definition) is 2. The highest BCUT2D eigenvalue weighted by Gasteiger charge is 2.14. The first-order valence-corrected chi connectivity index (χ1v) is 8.53. The molecule has 0 bridgehead atoms. The largest absolute Gasteiger partial charge is 0.328 e. The number of halogens is 3. The molecule has 3 rings (SSSR count). The fraction of sp³-hybridized carbons (Fsp3) is 0.176. The molecule has 0 aliphatic rings. The van der Waals surface area contributed by atoms with Crippen LogP contribution < -0.4 is 10.5 Å². The van der Waals surface area contributed by atoms with Gasteiger partial charge in [-0.25, -0.2) is 9.37 Å². The molecule has 4 nitrogen and oxygen atoms in total. The Hall–Kier alpha value is -1.76. The van der Waals surface area contributed by atoms with Crippen molar-refractivity contribution in [3.05, 3.63) is 79.5 Å². The zero-order valence-electron chi connectivity index (χ0n) is 12.9. The minimum Gasteiger partial charge on any atom is -0.328 e. The average molecular weight is 412 g/mol. The van der Waals surface area contributed by atoms with Crippen molar-refractivity contribution < 1.29 is 9.29 Å². The highest BCUT2D eigenvalue weighted by atomic mass is 79.9. The summed E-state index contributed by atoms with van der Waals surface area (Å²) in [6, 6.07) is 9.77. The number of benzene rings is 1. The van der Waals surface area contributed by atoms with Crippen LogP contribution in [0.2, 0.25) is 5.02 Å². The molecule has 7 heteroatoms. The number of nitrogens with zero attached hydrogens (tertiary/aromatic N) is 2. The fourth-order valence-corrected chi connectivity index (χ4v) is 3.16. The van der Waals surface area contributed by atoms with Crippen molar-refractivity contribution in [1.29, 1.82) is 0 Å². The Balaban J connectivity index is 1.84. The number of rotatable bonds is 4. The van der Waals surface area contributed by atoms with Crippen LogP contribution in [0.25, 0.3) is 5.65 Å². The van der Waals surface area contributed by atoms with Crippen molar-refractivity contribution in [1.82, 2.24) is 9.38 Å². The minimum absolute atomic E-state index is 0.145. The predicted octanol–water partition coefficient (Wildman–Crippen LogP) is 2.46. The third-order valence-electron chi connectivity index (χ3n) is 3.70. The van der Waals surface area contributed by atoms with Gasteiger partial charge in [0.15, 0.2) is 0 Å². The molecule has 0 saturated carbocycles. The van der Waals surface area contributed by atoms with E-state index in [0.717, 1.165) is 9.37 Å². The zero-order chi connectivity index (χ0) is 17.3. The van der Waals surface area contributed by atoms with Crippen LogP contribution in [0.4, 0.5) is 4.39 Å². The maximum Gasteiger partial charge on any atom is 0.258 e. The van der Waals surface area contributed by atoms with Gasteiger partial charge >= 0.3 is 0 Å². The summed E-state index contributed by atoms with van der Waals surface area (Å²) in [4.78, 5) is 17.7. The second kappa shape index (κ2) is 7.01. The molecule has 0 spiro atoms. The first-order chi connectivity index (χ1) is 11.4. The van der Waals surface area contributed by atoms with Crippen LogP contribution in [0.15, 0.2) is 51.9 Å². The third-order valence-corrected chi connectivity index (χ3v) is 4.52. The molecular weight excluding hydrogens is 397 g/mol. The number of pyridine rings is 1. The van der Waals surface area contributed by atoms with Crippen LogP contribution >= 0.6 is 27.5 Å². The number of aromatic nitrogens is 2. The van der Waals surface area contributed by atoms with Crippen LogP contribution in [-0.4, -0.2) is 16.4 Å². The summed E-state index contributed by atoms with van der Waals surface area (Å²) >= 11 is 9.40. The lowest BCUT2D eigenvalue weighted by Gasteiger charge is -2.15. The molecule has 1 unspecified atom stereocenters. The first kappa shape index (κ1) is 17.1. The normalized spacial score (nSPS) is 12.5. The fourth-order valence-electron chi connectivity index (χ4n) is 2.59. The Morgan fingerprint density at radius 2 is 2.08 bits per heavy atom. The molecule has 1 atom stereocenters. The third kappa shape index (κ3) is 3.66. The molecule has 0 aliphatic heterocycles. The van der Waals surface area contributed by atoms with Crippen molar-refractivity contribution in [2.75, 3.05) is 7.05 Å². The van der Waals surface area contributed by atoms with E-state index in [-0.39, 0.29) is 11.4 Å². The van der Waals surface area contributed by atoms with Crippen LogP contribution in [0, 0.1) is 5.82 Å². The van der Waals surface area contributed by atoms with E-state index < -0.39 is 0 Å². The highest BCUT2D eigenvalue weighted by Crippen LogP contribution is 2.17. The Labute approximate surface area is 151 Å². The molecule has 0 saturated heterocycles. The molecule has 124 valence electrons. The van der Waals surface area contributed by atoms with Gasteiger partial charge in [0.2, 0.25) is 0 Å². The van der Waals surface area contributed by atoms with Crippen molar-refractivity contribution in [2.24, 2.45) is 0 Å². The van der Waals surface area contributed by atoms with Gasteiger partial charge in [-0.3, -0.25) is 9.20 Å². The van der Waals surface area contributed by atoms with E-state index in [2.05, 4.69) is 20.9 Å². The molecule has 2 heterocycles. The van der Waals surface area contributed by atoms with Gasteiger partial charge in [0, 0.05) is 16.7 Å². The monoisotopic (exact) mass is 410 g/mol. The van der Waals surface area contributed by atoms with Gasteiger partial charge in [-0.05, 0) is 40.2 Å². The maximum atomic E-state index is 13.9. The van der Waals surface area contributed by atoms with Gasteiger partial charge in [0.05, 0.1) is 17.6 Å². The van der Waals surface area contributed by atoms with Crippen LogP contribution in [0.3, 0.4) is 0 Å². The SMILES string of the molecule is C[NH+](Cc1cc(=O)n2cc(Br)ccc2n1)Cc1c(F)cccc1Cl. The van der Waals surface area contributed by atoms with Crippen molar-refractivity contribution in [3.8, 4) is 0 Å². The number of nitrogens with one attached hydrogen (secondary N) is 1. The second-order valence-corrected chi connectivity index (χ2v) is 6.99. The lowest BCUT2D eigenvalue weighted by atomic mass is 10.2. The predicted molar refractivity (Wildman–Crippen MR) is 94.9 cm³/mol. The molecule has 1 N–H and O–H groups in total. The Kier molecular flexibility index (Phi) is 4.99. The summed E-state index contributed by atoms with van der Waals surface area (Å²) in [6.45, 7) is 0.902. The molecule has 0 amide bonds. The number of quaternary nitrogens is 1. The van der Waals surface area contributed by atoms with Crippen LogP contribution in [0.5, 0.6) is 0 Å². The molecule has 2 aromatic heterocycles. The molecule has 1 aromatic carbocycles. The summed E-state index contributed by atoms with van der Waals surface area (Å²) in [6.07, 6.45) is 1.68. The van der Waals surface area contributed by atoms with E-state index in [0.29, 0.717) is 35.0 Å². The van der Waals surface area contributed by atoms with Gasteiger partial charge in [-0.15, -0.1) is 0 Å². The molecule has 3 aromatic rings. The Morgan fingerprint density at radius 1 is 1.29 bits per heavy atom. The summed E-state index contributed by atoms with van der Waals surface area (Å²) in [5.74, 6) is -0.321. The van der Waals surface area contributed by atoms with E-state index in [1.54, 1.807) is 24.4 Å². The number of hydrogen-bond donors (Lipinski definition) is 1. The maximum absolute atomic E-state index is 13.9. The molecule has 24 heavy (non-hydrogen) atoms. The Bertz CT molecular complexity index is 940. The first-order valence-electron chi connectivity index (χ1n) is 7.36. The lowest BCUT2D eigenvalue weighted by Crippen LogP contribution is -3.06. The van der Waals surface area contributed by atoms with Crippen LogP contribution in [0.1, 0.15) is 11.3 Å². The summed E-state index contributed by atoms with van der Waals surface area (Å²) in [5, 5.41) is 0.408.